The molecule has 1 aromatic rings. The van der Waals surface area contributed by atoms with Gasteiger partial charge in [-0.1, -0.05) is 0 Å². The van der Waals surface area contributed by atoms with Crippen LogP contribution in [-0.4, -0.2) is 68.8 Å². The minimum atomic E-state index is -0.506. The van der Waals surface area contributed by atoms with Gasteiger partial charge in [0.15, 0.2) is 11.6 Å². The lowest BCUT2D eigenvalue weighted by atomic mass is 9.83. The highest BCUT2D eigenvalue weighted by atomic mass is 19.1. The SMILES string of the molecule is COc1ccc(NC(=O)N2CCC3(CC2)CC(OCCOC(C)C)CCO3)cc1F. The van der Waals surface area contributed by atoms with E-state index in [0.29, 0.717) is 38.6 Å². The highest BCUT2D eigenvalue weighted by Gasteiger charge is 2.41. The first kappa shape index (κ1) is 22.8. The maximum absolute atomic E-state index is 13.8. The standard InChI is InChI=1S/C22H33FN2O5/c1-16(2)28-12-13-29-18-6-11-30-22(15-18)7-9-25(10-8-22)21(26)24-17-4-5-20(27-3)19(23)14-17/h4-5,14,16,18H,6-13,15H2,1-3H3,(H,24,26). The van der Waals surface area contributed by atoms with Gasteiger partial charge in [0.25, 0.3) is 0 Å². The number of carbonyl (C=O) groups excluding carboxylic acids is 1. The van der Waals surface area contributed by atoms with Gasteiger partial charge in [-0.05, 0) is 45.2 Å². The molecule has 1 N–H and O–H groups in total. The molecule has 0 radical (unpaired) electrons. The molecule has 8 heteroatoms. The molecule has 2 saturated heterocycles. The van der Waals surface area contributed by atoms with Crippen molar-refractivity contribution < 1.29 is 28.1 Å². The molecule has 1 aromatic carbocycles. The molecule has 30 heavy (non-hydrogen) atoms. The molecule has 0 saturated carbocycles. The van der Waals surface area contributed by atoms with Gasteiger partial charge in [-0.15, -0.1) is 0 Å². The number of hydrogen-bond donors (Lipinski definition) is 1. The molecule has 1 spiro atoms. The number of halogens is 1. The van der Waals surface area contributed by atoms with Crippen LogP contribution in [-0.2, 0) is 14.2 Å². The van der Waals surface area contributed by atoms with Gasteiger partial charge in [0, 0.05) is 37.9 Å². The van der Waals surface area contributed by atoms with E-state index in [2.05, 4.69) is 5.32 Å². The van der Waals surface area contributed by atoms with Gasteiger partial charge in [-0.2, -0.15) is 0 Å². The number of carbonyl (C=O) groups is 1. The number of methoxy groups -OCH3 is 1. The Morgan fingerprint density at radius 2 is 2.10 bits per heavy atom. The molecule has 2 amide bonds. The topological polar surface area (TPSA) is 69.3 Å². The van der Waals surface area contributed by atoms with E-state index in [1.165, 1.54) is 19.2 Å². The van der Waals surface area contributed by atoms with Gasteiger partial charge in [0.2, 0.25) is 0 Å². The molecule has 2 fully saturated rings. The Bertz CT molecular complexity index is 707. The lowest BCUT2D eigenvalue weighted by Crippen LogP contribution is -2.52. The van der Waals surface area contributed by atoms with Crippen molar-refractivity contribution in [2.75, 3.05) is 45.3 Å². The first-order valence-electron chi connectivity index (χ1n) is 10.7. The molecule has 3 rings (SSSR count). The molecule has 0 aromatic heterocycles. The normalized spacial score (nSPS) is 21.1. The van der Waals surface area contributed by atoms with E-state index < -0.39 is 5.82 Å². The number of amides is 2. The van der Waals surface area contributed by atoms with Crippen molar-refractivity contribution in [3.63, 3.8) is 0 Å². The average molecular weight is 425 g/mol. The summed E-state index contributed by atoms with van der Waals surface area (Å²) in [5.41, 5.74) is 0.176. The van der Waals surface area contributed by atoms with Crippen molar-refractivity contribution in [2.24, 2.45) is 0 Å². The summed E-state index contributed by atoms with van der Waals surface area (Å²) in [4.78, 5) is 14.3. The molecule has 1 unspecified atom stereocenters. The minimum Gasteiger partial charge on any atom is -0.494 e. The van der Waals surface area contributed by atoms with E-state index in [1.807, 2.05) is 13.8 Å². The predicted molar refractivity (Wildman–Crippen MR) is 112 cm³/mol. The third kappa shape index (κ3) is 6.06. The van der Waals surface area contributed by atoms with E-state index in [0.717, 1.165) is 25.7 Å². The van der Waals surface area contributed by atoms with Crippen LogP contribution in [0.5, 0.6) is 5.75 Å². The third-order valence-corrected chi connectivity index (χ3v) is 5.70. The van der Waals surface area contributed by atoms with Crippen molar-refractivity contribution in [1.82, 2.24) is 4.90 Å². The maximum Gasteiger partial charge on any atom is 0.321 e. The van der Waals surface area contributed by atoms with Gasteiger partial charge < -0.3 is 29.2 Å². The van der Waals surface area contributed by atoms with Crippen LogP contribution in [0.4, 0.5) is 14.9 Å². The van der Waals surface area contributed by atoms with Crippen LogP contribution in [0.15, 0.2) is 18.2 Å². The van der Waals surface area contributed by atoms with Crippen LogP contribution in [0.2, 0.25) is 0 Å². The second kappa shape index (κ2) is 10.4. The van der Waals surface area contributed by atoms with Crippen LogP contribution < -0.4 is 10.1 Å². The number of benzene rings is 1. The zero-order valence-corrected chi connectivity index (χ0v) is 18.1. The Morgan fingerprint density at radius 3 is 2.77 bits per heavy atom. The fraction of sp³-hybridized carbons (Fsp3) is 0.682. The monoisotopic (exact) mass is 424 g/mol. The molecule has 0 aliphatic carbocycles. The molecule has 2 aliphatic rings. The molecular weight excluding hydrogens is 391 g/mol. The first-order chi connectivity index (χ1) is 14.4. The van der Waals surface area contributed by atoms with Gasteiger partial charge in [0.05, 0.1) is 38.1 Å². The number of anilines is 1. The summed E-state index contributed by atoms with van der Waals surface area (Å²) in [6.07, 6.45) is 3.63. The van der Waals surface area contributed by atoms with Crippen LogP contribution in [0.25, 0.3) is 0 Å². The molecule has 0 bridgehead atoms. The van der Waals surface area contributed by atoms with Gasteiger partial charge >= 0.3 is 6.03 Å². The number of ether oxygens (including phenoxy) is 4. The number of likely N-dealkylation sites (tertiary alicyclic amines) is 1. The molecule has 2 aliphatic heterocycles. The predicted octanol–water partition coefficient (Wildman–Crippen LogP) is 3.82. The number of nitrogens with zero attached hydrogens (tertiary/aromatic N) is 1. The van der Waals surface area contributed by atoms with Crippen LogP contribution in [0.3, 0.4) is 0 Å². The summed E-state index contributed by atoms with van der Waals surface area (Å²) in [5, 5.41) is 2.76. The number of piperidine rings is 1. The van der Waals surface area contributed by atoms with Crippen LogP contribution in [0, 0.1) is 5.82 Å². The number of urea groups is 1. The number of nitrogens with one attached hydrogen (secondary N) is 1. The Hall–Kier alpha value is -1.90. The van der Waals surface area contributed by atoms with Crippen molar-refractivity contribution in [3.05, 3.63) is 24.0 Å². The highest BCUT2D eigenvalue weighted by Crippen LogP contribution is 2.36. The smallest absolute Gasteiger partial charge is 0.321 e. The van der Waals surface area contributed by atoms with E-state index in [-0.39, 0.29) is 29.6 Å². The highest BCUT2D eigenvalue weighted by molar-refractivity contribution is 5.89. The second-order valence-corrected chi connectivity index (χ2v) is 8.20. The molecule has 168 valence electrons. The number of rotatable bonds is 7. The Labute approximate surface area is 177 Å². The van der Waals surface area contributed by atoms with Gasteiger partial charge in [-0.25, -0.2) is 9.18 Å². The maximum atomic E-state index is 13.8. The van der Waals surface area contributed by atoms with Crippen molar-refractivity contribution in [2.45, 2.75) is 57.3 Å². The van der Waals surface area contributed by atoms with E-state index in [9.17, 15) is 9.18 Å². The Kier molecular flexibility index (Phi) is 7.91. The number of hydrogen-bond acceptors (Lipinski definition) is 5. The summed E-state index contributed by atoms with van der Waals surface area (Å²) in [6.45, 7) is 7.07. The van der Waals surface area contributed by atoms with Crippen molar-refractivity contribution >= 4 is 11.7 Å². The molecule has 1 atom stereocenters. The summed E-state index contributed by atoms with van der Waals surface area (Å²) >= 11 is 0. The van der Waals surface area contributed by atoms with E-state index >= 15 is 0 Å². The largest absolute Gasteiger partial charge is 0.494 e. The van der Waals surface area contributed by atoms with Crippen molar-refractivity contribution in [3.8, 4) is 5.75 Å². The van der Waals surface area contributed by atoms with E-state index in [4.69, 9.17) is 18.9 Å². The zero-order valence-electron chi connectivity index (χ0n) is 18.1. The summed E-state index contributed by atoms with van der Waals surface area (Å²) in [5.74, 6) is -0.358. The fourth-order valence-electron chi connectivity index (χ4n) is 4.04. The van der Waals surface area contributed by atoms with Crippen molar-refractivity contribution in [1.29, 1.82) is 0 Å². The van der Waals surface area contributed by atoms with E-state index in [1.54, 1.807) is 11.0 Å². The average Bonchev–Trinajstić information content (AvgIpc) is 2.72. The first-order valence-corrected chi connectivity index (χ1v) is 10.7. The Morgan fingerprint density at radius 1 is 1.33 bits per heavy atom. The second-order valence-electron chi connectivity index (χ2n) is 8.20. The Balaban J connectivity index is 1.46. The summed E-state index contributed by atoms with van der Waals surface area (Å²) < 4.78 is 36.4. The third-order valence-electron chi connectivity index (χ3n) is 5.70. The lowest BCUT2D eigenvalue weighted by Gasteiger charge is -2.46. The minimum absolute atomic E-state index is 0.148. The molecular formula is C22H33FN2O5. The molecule has 2 heterocycles. The fourth-order valence-corrected chi connectivity index (χ4v) is 4.04. The van der Waals surface area contributed by atoms with Gasteiger partial charge in [0.1, 0.15) is 0 Å². The van der Waals surface area contributed by atoms with Crippen LogP contribution in [0.1, 0.15) is 39.5 Å². The van der Waals surface area contributed by atoms with Gasteiger partial charge in [-0.3, -0.25) is 0 Å². The zero-order chi connectivity index (χ0) is 21.6. The summed E-state index contributed by atoms with van der Waals surface area (Å²) in [6, 6.07) is 4.15. The lowest BCUT2D eigenvalue weighted by molar-refractivity contribution is -0.155. The molecule has 7 nitrogen and oxygen atoms in total. The van der Waals surface area contributed by atoms with Crippen LogP contribution >= 0.6 is 0 Å². The quantitative estimate of drug-likeness (QED) is 0.674. The summed E-state index contributed by atoms with van der Waals surface area (Å²) in [7, 11) is 1.41.